The number of carbonyl (C=O) groups excluding carboxylic acids is 4. The number of hydrogen-bond donors (Lipinski definition) is 3. The number of nitrogens with one attached hydrogen (secondary N) is 2. The summed E-state index contributed by atoms with van der Waals surface area (Å²) >= 11 is 0. The van der Waals surface area contributed by atoms with Gasteiger partial charge in [0.05, 0.1) is 30.3 Å². The van der Waals surface area contributed by atoms with Gasteiger partial charge in [0.1, 0.15) is 29.0 Å². The van der Waals surface area contributed by atoms with Gasteiger partial charge in [-0.2, -0.15) is 0 Å². The molecule has 304 valence electrons. The van der Waals surface area contributed by atoms with Gasteiger partial charge in [-0.1, -0.05) is 38.1 Å². The molecule has 4 rings (SSSR count). The highest BCUT2D eigenvalue weighted by Crippen LogP contribution is 2.46. The normalized spacial score (nSPS) is 17.4. The van der Waals surface area contributed by atoms with Crippen molar-refractivity contribution in [2.75, 3.05) is 18.1 Å². The Bertz CT molecular complexity index is 1790. The van der Waals surface area contributed by atoms with Crippen LogP contribution in [0, 0.1) is 23.5 Å². The molecule has 3 N–H and O–H groups in total. The summed E-state index contributed by atoms with van der Waals surface area (Å²) in [7, 11) is 0. The molecule has 1 fully saturated rings. The molecule has 0 saturated carbocycles. The van der Waals surface area contributed by atoms with Crippen molar-refractivity contribution in [3.8, 4) is 5.75 Å². The number of benzene rings is 3. The van der Waals surface area contributed by atoms with E-state index in [0.717, 1.165) is 5.56 Å². The predicted octanol–water partition coefficient (Wildman–Crippen LogP) is 6.73. The second-order valence-electron chi connectivity index (χ2n) is 16.5. The summed E-state index contributed by atoms with van der Waals surface area (Å²) in [6, 6.07) is 15.6. The third kappa shape index (κ3) is 12.8. The van der Waals surface area contributed by atoms with Gasteiger partial charge in [0, 0.05) is 5.69 Å². The van der Waals surface area contributed by atoms with Crippen LogP contribution in [0.4, 0.5) is 14.5 Å². The number of esters is 1. The molecule has 0 spiro atoms. The molecule has 3 amide bonds. The van der Waals surface area contributed by atoms with E-state index < -0.39 is 77.4 Å². The Morgan fingerprint density at radius 3 is 1.96 bits per heavy atom. The quantitative estimate of drug-likeness (QED) is 0.101. The van der Waals surface area contributed by atoms with E-state index in [-0.39, 0.29) is 24.9 Å². The van der Waals surface area contributed by atoms with Gasteiger partial charge in [0.25, 0.3) is 5.91 Å². The SMILES string of the molecule is CC(C)C[C@@H](NC(=O)COc1ccc(C2C(CC[C@@H](O)c3ccc(F)cc3)C(=O)N2c2ccc(F)cc2)cc1)C(=O)NC(COC(C)(C)C)C(=O)OC(C)(C)C. The van der Waals surface area contributed by atoms with Crippen molar-refractivity contribution in [2.45, 2.75) is 110 Å². The van der Waals surface area contributed by atoms with Crippen LogP contribution in [0.5, 0.6) is 5.75 Å². The van der Waals surface area contributed by atoms with Crippen LogP contribution in [0.3, 0.4) is 0 Å². The fourth-order valence-electron chi connectivity index (χ4n) is 6.29. The van der Waals surface area contributed by atoms with Crippen LogP contribution in [0.2, 0.25) is 0 Å². The largest absolute Gasteiger partial charge is 0.484 e. The van der Waals surface area contributed by atoms with E-state index >= 15 is 0 Å². The van der Waals surface area contributed by atoms with Gasteiger partial charge < -0.3 is 34.9 Å². The average molecular weight is 780 g/mol. The fourth-order valence-corrected chi connectivity index (χ4v) is 6.29. The zero-order valence-electron chi connectivity index (χ0n) is 33.4. The highest BCUT2D eigenvalue weighted by molar-refractivity contribution is 6.03. The first-order valence-corrected chi connectivity index (χ1v) is 18.9. The van der Waals surface area contributed by atoms with Crippen LogP contribution in [0.25, 0.3) is 0 Å². The number of ether oxygens (including phenoxy) is 3. The zero-order valence-corrected chi connectivity index (χ0v) is 33.4. The minimum atomic E-state index is -1.10. The van der Waals surface area contributed by atoms with Crippen LogP contribution < -0.4 is 20.3 Å². The second kappa shape index (κ2) is 18.8. The number of anilines is 1. The number of amides is 3. The lowest BCUT2D eigenvalue weighted by Crippen LogP contribution is -2.55. The molecule has 3 unspecified atom stereocenters. The first-order chi connectivity index (χ1) is 26.2. The maximum Gasteiger partial charge on any atom is 0.331 e. The highest BCUT2D eigenvalue weighted by Gasteiger charge is 2.48. The molecular formula is C43H55F2N3O8. The van der Waals surface area contributed by atoms with Crippen molar-refractivity contribution < 1.29 is 47.3 Å². The minimum Gasteiger partial charge on any atom is -0.484 e. The van der Waals surface area contributed by atoms with Crippen LogP contribution in [-0.4, -0.2) is 65.3 Å². The van der Waals surface area contributed by atoms with Gasteiger partial charge in [-0.05, 0) is 126 Å². The lowest BCUT2D eigenvalue weighted by Gasteiger charge is -2.48. The maximum atomic E-state index is 13.8. The van der Waals surface area contributed by atoms with Gasteiger partial charge >= 0.3 is 5.97 Å². The molecule has 1 aliphatic heterocycles. The molecule has 0 aliphatic carbocycles. The number of rotatable bonds is 17. The average Bonchev–Trinajstić information content (AvgIpc) is 3.11. The van der Waals surface area contributed by atoms with Crippen molar-refractivity contribution >= 4 is 29.4 Å². The minimum absolute atomic E-state index is 0.0215. The van der Waals surface area contributed by atoms with E-state index in [9.17, 15) is 33.1 Å². The van der Waals surface area contributed by atoms with E-state index in [1.54, 1.807) is 49.9 Å². The first kappa shape index (κ1) is 43.8. The van der Waals surface area contributed by atoms with Gasteiger partial charge in [0.15, 0.2) is 12.6 Å². The van der Waals surface area contributed by atoms with Crippen LogP contribution >= 0.6 is 0 Å². The van der Waals surface area contributed by atoms with E-state index in [1.807, 2.05) is 34.6 Å². The Hall–Kier alpha value is -4.88. The van der Waals surface area contributed by atoms with E-state index in [1.165, 1.54) is 48.5 Å². The number of hydrogen-bond acceptors (Lipinski definition) is 8. The summed E-state index contributed by atoms with van der Waals surface area (Å²) in [5, 5.41) is 16.2. The number of aliphatic hydroxyl groups excluding tert-OH is 1. The number of carbonyl (C=O) groups is 4. The fraction of sp³-hybridized carbons (Fsp3) is 0.488. The molecule has 0 radical (unpaired) electrons. The molecule has 0 bridgehead atoms. The van der Waals surface area contributed by atoms with Gasteiger partial charge in [-0.3, -0.25) is 14.4 Å². The van der Waals surface area contributed by atoms with Crippen molar-refractivity contribution in [1.29, 1.82) is 0 Å². The summed E-state index contributed by atoms with van der Waals surface area (Å²) < 4.78 is 44.3. The number of halogens is 2. The van der Waals surface area contributed by atoms with Gasteiger partial charge in [-0.15, -0.1) is 0 Å². The van der Waals surface area contributed by atoms with E-state index in [2.05, 4.69) is 10.6 Å². The third-order valence-electron chi connectivity index (χ3n) is 8.97. The Labute approximate surface area is 328 Å². The Kier molecular flexibility index (Phi) is 14.7. The molecular weight excluding hydrogens is 724 g/mol. The summed E-state index contributed by atoms with van der Waals surface area (Å²) in [5.41, 5.74) is 0.449. The lowest BCUT2D eigenvalue weighted by molar-refractivity contribution is -0.162. The first-order valence-electron chi connectivity index (χ1n) is 18.9. The highest BCUT2D eigenvalue weighted by atomic mass is 19.1. The summed E-state index contributed by atoms with van der Waals surface area (Å²) in [6.45, 7) is 13.9. The maximum absolute atomic E-state index is 13.8. The summed E-state index contributed by atoms with van der Waals surface area (Å²) in [4.78, 5) is 54.7. The molecule has 11 nitrogen and oxygen atoms in total. The van der Waals surface area contributed by atoms with Gasteiger partial charge in [-0.25, -0.2) is 13.6 Å². The Morgan fingerprint density at radius 1 is 0.821 bits per heavy atom. The molecule has 1 heterocycles. The van der Waals surface area contributed by atoms with E-state index in [0.29, 0.717) is 29.8 Å². The molecule has 1 saturated heterocycles. The van der Waals surface area contributed by atoms with Crippen molar-refractivity contribution in [2.24, 2.45) is 11.8 Å². The van der Waals surface area contributed by atoms with Crippen LogP contribution in [0.15, 0.2) is 72.8 Å². The predicted molar refractivity (Wildman–Crippen MR) is 208 cm³/mol. The Balaban J connectivity index is 1.42. The van der Waals surface area contributed by atoms with Crippen LogP contribution in [0.1, 0.15) is 97.9 Å². The molecule has 13 heteroatoms. The van der Waals surface area contributed by atoms with E-state index in [4.69, 9.17) is 14.2 Å². The van der Waals surface area contributed by atoms with Crippen LogP contribution in [-0.2, 0) is 28.7 Å². The summed E-state index contributed by atoms with van der Waals surface area (Å²) in [6.07, 6.45) is -0.00849. The Morgan fingerprint density at radius 2 is 1.41 bits per heavy atom. The number of aliphatic hydroxyl groups is 1. The van der Waals surface area contributed by atoms with Crippen molar-refractivity contribution in [3.05, 3.63) is 95.6 Å². The van der Waals surface area contributed by atoms with Crippen molar-refractivity contribution in [3.63, 3.8) is 0 Å². The third-order valence-corrected chi connectivity index (χ3v) is 8.97. The standard InChI is InChI=1S/C43H55F2N3O8/c1-26(2)23-34(39(51)47-35(24-55-42(3,4)5)41(53)56-43(6,7)8)46-37(50)25-54-32-19-11-28(12-20-32)38-33(21-22-36(49)27-9-13-29(44)14-10-27)40(52)48(38)31-17-15-30(45)16-18-31/h9-20,26,33-36,38,49H,21-25H2,1-8H3,(H,46,50)(H,47,51)/t33?,34-,35?,36-,38?/m1/s1. The van der Waals surface area contributed by atoms with Crippen molar-refractivity contribution in [1.82, 2.24) is 10.6 Å². The molecule has 3 aromatic rings. The molecule has 1 aliphatic rings. The molecule has 3 aromatic carbocycles. The topological polar surface area (TPSA) is 144 Å². The van der Waals surface area contributed by atoms with Gasteiger partial charge in [0.2, 0.25) is 11.8 Å². The molecule has 56 heavy (non-hydrogen) atoms. The summed E-state index contributed by atoms with van der Waals surface area (Å²) in [5.74, 6) is -2.91. The lowest BCUT2D eigenvalue weighted by atomic mass is 9.78. The number of nitrogens with zero attached hydrogens (tertiary/aromatic N) is 1. The smallest absolute Gasteiger partial charge is 0.331 e. The molecule has 0 aromatic heterocycles. The second-order valence-corrected chi connectivity index (χ2v) is 16.5. The monoisotopic (exact) mass is 779 g/mol. The zero-order chi connectivity index (χ0) is 41.4. The number of β-lactam (4-membered cyclic amide) rings is 1. The molecule has 5 atom stereocenters.